The van der Waals surface area contributed by atoms with Crippen LogP contribution in [0.15, 0.2) is 0 Å². The van der Waals surface area contributed by atoms with E-state index in [2.05, 4.69) is 5.32 Å². The van der Waals surface area contributed by atoms with Crippen LogP contribution in [0.4, 0.5) is 0 Å². The minimum Gasteiger partial charge on any atom is -0.463 e. The first-order valence-electron chi connectivity index (χ1n) is 5.46. The van der Waals surface area contributed by atoms with E-state index in [4.69, 9.17) is 9.47 Å². The monoisotopic (exact) mass is 217 g/mol. The van der Waals surface area contributed by atoms with E-state index in [0.717, 1.165) is 6.54 Å². The Hall–Kier alpha value is -0.610. The molecule has 0 aromatic rings. The molecule has 0 fully saturated rings. The van der Waals surface area contributed by atoms with E-state index >= 15 is 0 Å². The van der Waals surface area contributed by atoms with Crippen LogP contribution in [0.5, 0.6) is 0 Å². The van der Waals surface area contributed by atoms with Gasteiger partial charge >= 0.3 is 5.97 Å². The lowest BCUT2D eigenvalue weighted by Crippen LogP contribution is -2.23. The van der Waals surface area contributed by atoms with Gasteiger partial charge in [-0.3, -0.25) is 4.79 Å². The van der Waals surface area contributed by atoms with Crippen LogP contribution in [0, 0.1) is 0 Å². The van der Waals surface area contributed by atoms with Crippen molar-refractivity contribution in [3.63, 3.8) is 0 Å². The highest BCUT2D eigenvalue weighted by atomic mass is 16.6. The second kappa shape index (κ2) is 7.65. The van der Waals surface area contributed by atoms with Gasteiger partial charge in [0.25, 0.3) is 0 Å². The second-order valence-electron chi connectivity index (χ2n) is 4.28. The number of hydrogen-bond acceptors (Lipinski definition) is 4. The number of carbonyl (C=O) groups is 1. The van der Waals surface area contributed by atoms with Crippen LogP contribution in [0.3, 0.4) is 0 Å². The summed E-state index contributed by atoms with van der Waals surface area (Å²) in [6.45, 7) is 10.3. The Balaban J connectivity index is 3.32. The molecular weight excluding hydrogens is 194 g/mol. The molecule has 1 N–H and O–H groups in total. The summed E-state index contributed by atoms with van der Waals surface area (Å²) >= 11 is 0. The first-order chi connectivity index (χ1) is 6.95. The molecule has 0 aromatic heterocycles. The number of esters is 1. The highest BCUT2D eigenvalue weighted by Gasteiger charge is 2.09. The quantitative estimate of drug-likeness (QED) is 0.516. The summed E-state index contributed by atoms with van der Waals surface area (Å²) in [5.74, 6) is -0.173. The maximum atomic E-state index is 11.1. The average Bonchev–Trinajstić information content (AvgIpc) is 2.11. The van der Waals surface area contributed by atoms with Crippen LogP contribution in [0.25, 0.3) is 0 Å². The summed E-state index contributed by atoms with van der Waals surface area (Å²) in [7, 11) is 0. The van der Waals surface area contributed by atoms with Crippen LogP contribution in [0.2, 0.25) is 0 Å². The van der Waals surface area contributed by atoms with Crippen molar-refractivity contribution in [3.8, 4) is 0 Å². The molecule has 4 nitrogen and oxygen atoms in total. The van der Waals surface area contributed by atoms with Gasteiger partial charge in [-0.25, -0.2) is 0 Å². The largest absolute Gasteiger partial charge is 0.463 e. The fraction of sp³-hybridized carbons (Fsp3) is 0.909. The van der Waals surface area contributed by atoms with Gasteiger partial charge in [0.1, 0.15) is 6.61 Å². The molecule has 0 aliphatic heterocycles. The number of ether oxygens (including phenoxy) is 2. The van der Waals surface area contributed by atoms with Crippen LogP contribution >= 0.6 is 0 Å². The number of rotatable bonds is 7. The zero-order valence-corrected chi connectivity index (χ0v) is 10.3. The Bertz CT molecular complexity index is 175. The molecule has 0 saturated heterocycles. The number of carbonyl (C=O) groups excluding carboxylic acids is 1. The van der Waals surface area contributed by atoms with Crippen molar-refractivity contribution in [1.82, 2.24) is 5.32 Å². The molecule has 0 heterocycles. The van der Waals surface area contributed by atoms with Crippen LogP contribution in [0.1, 0.15) is 34.1 Å². The predicted octanol–water partition coefficient (Wildman–Crippen LogP) is 1.34. The van der Waals surface area contributed by atoms with Crippen molar-refractivity contribution in [2.45, 2.75) is 39.7 Å². The third-order valence-electron chi connectivity index (χ3n) is 1.64. The first kappa shape index (κ1) is 14.4. The van der Waals surface area contributed by atoms with Crippen molar-refractivity contribution in [1.29, 1.82) is 0 Å². The Labute approximate surface area is 92.3 Å². The average molecular weight is 217 g/mol. The topological polar surface area (TPSA) is 47.6 Å². The summed E-state index contributed by atoms with van der Waals surface area (Å²) in [4.78, 5) is 11.1. The van der Waals surface area contributed by atoms with Gasteiger partial charge < -0.3 is 14.8 Å². The van der Waals surface area contributed by atoms with Crippen LogP contribution in [-0.2, 0) is 14.3 Å². The van der Waals surface area contributed by atoms with Crippen molar-refractivity contribution < 1.29 is 14.3 Å². The SMILES string of the molecule is CCNCCC(=O)OCCOC(C)(C)C. The highest BCUT2D eigenvalue weighted by Crippen LogP contribution is 2.05. The second-order valence-corrected chi connectivity index (χ2v) is 4.28. The molecule has 0 atom stereocenters. The van der Waals surface area contributed by atoms with Gasteiger partial charge in [-0.05, 0) is 27.3 Å². The smallest absolute Gasteiger partial charge is 0.307 e. The zero-order chi connectivity index (χ0) is 11.7. The van der Waals surface area contributed by atoms with Crippen LogP contribution in [-0.4, -0.2) is 37.9 Å². The van der Waals surface area contributed by atoms with Crippen molar-refractivity contribution >= 4 is 5.97 Å². The number of nitrogens with one attached hydrogen (secondary N) is 1. The molecule has 0 spiro atoms. The zero-order valence-electron chi connectivity index (χ0n) is 10.3. The first-order valence-corrected chi connectivity index (χ1v) is 5.46. The van der Waals surface area contributed by atoms with E-state index in [1.165, 1.54) is 0 Å². The molecule has 0 bridgehead atoms. The molecule has 0 amide bonds. The van der Waals surface area contributed by atoms with Gasteiger partial charge in [-0.15, -0.1) is 0 Å². The van der Waals surface area contributed by atoms with E-state index in [0.29, 0.717) is 26.2 Å². The molecule has 0 radical (unpaired) electrons. The van der Waals surface area contributed by atoms with Gasteiger partial charge in [0.2, 0.25) is 0 Å². The van der Waals surface area contributed by atoms with Crippen LogP contribution < -0.4 is 5.32 Å². The lowest BCUT2D eigenvalue weighted by atomic mass is 10.2. The molecule has 15 heavy (non-hydrogen) atoms. The summed E-state index contributed by atoms with van der Waals surface area (Å²) < 4.78 is 10.4. The molecule has 0 aliphatic rings. The molecular formula is C11H23NO3. The standard InChI is InChI=1S/C11H23NO3/c1-5-12-7-6-10(13)14-8-9-15-11(2,3)4/h12H,5-9H2,1-4H3. The van der Waals surface area contributed by atoms with Gasteiger partial charge in [0.15, 0.2) is 0 Å². The van der Waals surface area contributed by atoms with Crippen molar-refractivity contribution in [3.05, 3.63) is 0 Å². The van der Waals surface area contributed by atoms with Gasteiger partial charge in [0.05, 0.1) is 18.6 Å². The summed E-state index contributed by atoms with van der Waals surface area (Å²) in [5.41, 5.74) is -0.170. The lowest BCUT2D eigenvalue weighted by Gasteiger charge is -2.19. The maximum Gasteiger partial charge on any atom is 0.307 e. The fourth-order valence-corrected chi connectivity index (χ4v) is 0.943. The van der Waals surface area contributed by atoms with Gasteiger partial charge in [0, 0.05) is 6.54 Å². The van der Waals surface area contributed by atoms with E-state index in [-0.39, 0.29) is 11.6 Å². The maximum absolute atomic E-state index is 11.1. The molecule has 0 aromatic carbocycles. The lowest BCUT2D eigenvalue weighted by molar-refractivity contribution is -0.146. The third kappa shape index (κ3) is 11.3. The molecule has 0 saturated carbocycles. The van der Waals surface area contributed by atoms with E-state index in [9.17, 15) is 4.79 Å². The van der Waals surface area contributed by atoms with Crippen molar-refractivity contribution in [2.24, 2.45) is 0 Å². The summed E-state index contributed by atoms with van der Waals surface area (Å²) in [5, 5.41) is 3.06. The highest BCUT2D eigenvalue weighted by molar-refractivity contribution is 5.69. The molecule has 90 valence electrons. The Kier molecular flexibility index (Phi) is 7.34. The molecule has 0 unspecified atom stereocenters. The number of hydrogen-bond donors (Lipinski definition) is 1. The molecule has 0 aliphatic carbocycles. The Morgan fingerprint density at radius 1 is 1.27 bits per heavy atom. The normalized spacial score (nSPS) is 11.5. The minimum absolute atomic E-state index is 0.170. The van der Waals surface area contributed by atoms with Gasteiger partial charge in [-0.1, -0.05) is 6.92 Å². The molecule has 4 heteroatoms. The van der Waals surface area contributed by atoms with E-state index in [1.54, 1.807) is 0 Å². The van der Waals surface area contributed by atoms with Gasteiger partial charge in [-0.2, -0.15) is 0 Å². The fourth-order valence-electron chi connectivity index (χ4n) is 0.943. The molecule has 0 rings (SSSR count). The minimum atomic E-state index is -0.173. The predicted molar refractivity (Wildman–Crippen MR) is 59.8 cm³/mol. The van der Waals surface area contributed by atoms with Crippen molar-refractivity contribution in [2.75, 3.05) is 26.3 Å². The summed E-state index contributed by atoms with van der Waals surface area (Å²) in [6.07, 6.45) is 0.420. The third-order valence-corrected chi connectivity index (χ3v) is 1.64. The van der Waals surface area contributed by atoms with E-state index < -0.39 is 0 Å². The Morgan fingerprint density at radius 2 is 1.93 bits per heavy atom. The summed E-state index contributed by atoms with van der Waals surface area (Å²) in [6, 6.07) is 0. The Morgan fingerprint density at radius 3 is 2.47 bits per heavy atom. The van der Waals surface area contributed by atoms with E-state index in [1.807, 2.05) is 27.7 Å².